The van der Waals surface area contributed by atoms with Gasteiger partial charge >= 0.3 is 0 Å². The fourth-order valence-corrected chi connectivity index (χ4v) is 0.446. The summed E-state index contributed by atoms with van der Waals surface area (Å²) in [6.45, 7) is 3.46. The standard InChI is InChI=1S/C4H8N2S/c1-2-3-7-4(5)6/h2H,1,3H2,(H3,5,6). The van der Waals surface area contributed by atoms with E-state index in [2.05, 4.69) is 6.58 Å². The molecule has 2 nitrogen and oxygen atoms in total. The van der Waals surface area contributed by atoms with Crippen LogP contribution >= 0.6 is 11.8 Å². The number of rotatable bonds is 2. The Balaban J connectivity index is 2.97. The lowest BCUT2D eigenvalue weighted by atomic mass is 10.8. The fourth-order valence-electron chi connectivity index (χ4n) is 0.149. The van der Waals surface area contributed by atoms with Crippen LogP contribution < -0.4 is 5.73 Å². The maximum atomic E-state index is 6.69. The number of hydrogen-bond donors (Lipinski definition) is 2. The molecule has 0 bridgehead atoms. The Labute approximate surface area is 47.3 Å². The van der Waals surface area contributed by atoms with Crippen molar-refractivity contribution in [2.75, 3.05) is 5.75 Å². The monoisotopic (exact) mass is 116 g/mol. The van der Waals surface area contributed by atoms with Gasteiger partial charge in [-0.1, -0.05) is 17.8 Å². The van der Waals surface area contributed by atoms with Crippen LogP contribution in [0.1, 0.15) is 0 Å². The maximum absolute atomic E-state index is 6.69. The molecule has 0 aliphatic rings. The molecule has 0 saturated carbocycles. The van der Waals surface area contributed by atoms with E-state index >= 15 is 0 Å². The van der Waals surface area contributed by atoms with Crippen LogP contribution in [-0.2, 0) is 0 Å². The predicted octanol–water partition coefficient (Wildman–Crippen LogP) is 0.799. The van der Waals surface area contributed by atoms with Crippen LogP contribution in [0.5, 0.6) is 0 Å². The van der Waals surface area contributed by atoms with Crippen molar-refractivity contribution in [2.24, 2.45) is 5.73 Å². The average molecular weight is 116 g/mol. The molecule has 0 fully saturated rings. The van der Waals surface area contributed by atoms with E-state index in [0.29, 0.717) is 0 Å². The van der Waals surface area contributed by atoms with Crippen molar-refractivity contribution in [3.8, 4) is 0 Å². The molecule has 0 radical (unpaired) electrons. The summed E-state index contributed by atoms with van der Waals surface area (Å²) in [4.78, 5) is 0. The second kappa shape index (κ2) is 3.74. The van der Waals surface area contributed by atoms with Gasteiger partial charge < -0.3 is 5.73 Å². The van der Waals surface area contributed by atoms with E-state index in [9.17, 15) is 0 Å². The van der Waals surface area contributed by atoms with Gasteiger partial charge in [0.05, 0.1) is 0 Å². The Morgan fingerprint density at radius 2 is 2.57 bits per heavy atom. The highest BCUT2D eigenvalue weighted by molar-refractivity contribution is 8.13. The highest BCUT2D eigenvalue weighted by Gasteiger charge is 1.81. The van der Waals surface area contributed by atoms with Crippen LogP contribution in [0.15, 0.2) is 12.7 Å². The smallest absolute Gasteiger partial charge is 0.151 e. The topological polar surface area (TPSA) is 49.9 Å². The van der Waals surface area contributed by atoms with Crippen LogP contribution in [0.25, 0.3) is 0 Å². The summed E-state index contributed by atoms with van der Waals surface area (Å²) >= 11 is 1.27. The van der Waals surface area contributed by atoms with Gasteiger partial charge in [0.15, 0.2) is 5.17 Å². The molecule has 0 atom stereocenters. The Kier molecular flexibility index (Phi) is 3.50. The molecule has 0 saturated heterocycles. The van der Waals surface area contributed by atoms with Crippen molar-refractivity contribution in [3.63, 3.8) is 0 Å². The maximum Gasteiger partial charge on any atom is 0.151 e. The molecule has 0 rings (SSSR count). The van der Waals surface area contributed by atoms with Crippen LogP contribution in [0.3, 0.4) is 0 Å². The molecule has 0 aromatic carbocycles. The molecule has 0 aliphatic heterocycles. The minimum Gasteiger partial charge on any atom is -0.379 e. The summed E-state index contributed by atoms with van der Waals surface area (Å²) in [5, 5.41) is 6.84. The molecule has 0 heterocycles. The van der Waals surface area contributed by atoms with Crippen molar-refractivity contribution < 1.29 is 0 Å². The number of amidine groups is 1. The SMILES string of the molecule is C=CCSC(=N)N. The second-order valence-corrected chi connectivity index (χ2v) is 2.03. The number of nitrogens with one attached hydrogen (secondary N) is 1. The number of thioether (sulfide) groups is 1. The summed E-state index contributed by atoms with van der Waals surface area (Å²) < 4.78 is 0. The van der Waals surface area contributed by atoms with E-state index in [-0.39, 0.29) is 5.17 Å². The largest absolute Gasteiger partial charge is 0.379 e. The fraction of sp³-hybridized carbons (Fsp3) is 0.250. The molecule has 7 heavy (non-hydrogen) atoms. The molecule has 3 heteroatoms. The van der Waals surface area contributed by atoms with Crippen LogP contribution in [-0.4, -0.2) is 10.9 Å². The van der Waals surface area contributed by atoms with Gasteiger partial charge in [0.25, 0.3) is 0 Å². The van der Waals surface area contributed by atoms with E-state index in [4.69, 9.17) is 11.1 Å². The van der Waals surface area contributed by atoms with Gasteiger partial charge in [0.2, 0.25) is 0 Å². The first-order valence-electron chi connectivity index (χ1n) is 1.85. The molecule has 3 N–H and O–H groups in total. The molecule has 0 aliphatic carbocycles. The minimum atomic E-state index is 0.153. The summed E-state index contributed by atoms with van der Waals surface area (Å²) in [5.41, 5.74) is 4.98. The summed E-state index contributed by atoms with van der Waals surface area (Å²) in [5.74, 6) is 0.731. The molecule has 0 spiro atoms. The molecule has 40 valence electrons. The predicted molar refractivity (Wildman–Crippen MR) is 34.6 cm³/mol. The highest BCUT2D eigenvalue weighted by atomic mass is 32.2. The van der Waals surface area contributed by atoms with Crippen molar-refractivity contribution in [2.45, 2.75) is 0 Å². The van der Waals surface area contributed by atoms with Gasteiger partial charge in [-0.05, 0) is 0 Å². The third kappa shape index (κ3) is 5.56. The van der Waals surface area contributed by atoms with Crippen molar-refractivity contribution in [1.29, 1.82) is 5.41 Å². The van der Waals surface area contributed by atoms with Crippen LogP contribution in [0.4, 0.5) is 0 Å². The Morgan fingerprint density at radius 3 is 2.71 bits per heavy atom. The molecule has 0 unspecified atom stereocenters. The lowest BCUT2D eigenvalue weighted by molar-refractivity contribution is 1.50. The molecule has 0 aromatic rings. The molecular weight excluding hydrogens is 108 g/mol. The van der Waals surface area contributed by atoms with Gasteiger partial charge in [-0.3, -0.25) is 5.41 Å². The first kappa shape index (κ1) is 6.56. The van der Waals surface area contributed by atoms with E-state index in [0.717, 1.165) is 5.75 Å². The normalized spacial score (nSPS) is 8.00. The Morgan fingerprint density at radius 1 is 2.00 bits per heavy atom. The second-order valence-electron chi connectivity index (χ2n) is 0.964. The zero-order chi connectivity index (χ0) is 5.70. The summed E-state index contributed by atoms with van der Waals surface area (Å²) in [6, 6.07) is 0. The average Bonchev–Trinajstić information content (AvgIpc) is 1.61. The zero-order valence-corrected chi connectivity index (χ0v) is 4.79. The van der Waals surface area contributed by atoms with Crippen molar-refractivity contribution in [3.05, 3.63) is 12.7 Å². The number of hydrogen-bond acceptors (Lipinski definition) is 2. The number of nitrogens with two attached hydrogens (primary N) is 1. The highest BCUT2D eigenvalue weighted by Crippen LogP contribution is 1.94. The van der Waals surface area contributed by atoms with E-state index in [1.807, 2.05) is 0 Å². The Hall–Kier alpha value is -0.440. The van der Waals surface area contributed by atoms with Gasteiger partial charge in [-0.15, -0.1) is 6.58 Å². The first-order chi connectivity index (χ1) is 3.27. The summed E-state index contributed by atoms with van der Waals surface area (Å²) in [7, 11) is 0. The van der Waals surface area contributed by atoms with E-state index in [1.54, 1.807) is 6.08 Å². The van der Waals surface area contributed by atoms with Crippen molar-refractivity contribution in [1.82, 2.24) is 0 Å². The third-order valence-electron chi connectivity index (χ3n) is 0.357. The van der Waals surface area contributed by atoms with Gasteiger partial charge in [0.1, 0.15) is 0 Å². The van der Waals surface area contributed by atoms with E-state index in [1.165, 1.54) is 11.8 Å². The van der Waals surface area contributed by atoms with Gasteiger partial charge in [0, 0.05) is 5.75 Å². The molecular formula is C4H8N2S. The zero-order valence-electron chi connectivity index (χ0n) is 3.98. The van der Waals surface area contributed by atoms with Gasteiger partial charge in [-0.2, -0.15) is 0 Å². The Bertz CT molecular complexity index is 79.8. The van der Waals surface area contributed by atoms with Crippen LogP contribution in [0, 0.1) is 5.41 Å². The third-order valence-corrected chi connectivity index (χ3v) is 1.07. The summed E-state index contributed by atoms with van der Waals surface area (Å²) in [6.07, 6.45) is 1.71. The lowest BCUT2D eigenvalue weighted by Gasteiger charge is -1.87. The van der Waals surface area contributed by atoms with Gasteiger partial charge in [-0.25, -0.2) is 0 Å². The quantitative estimate of drug-likeness (QED) is 0.318. The van der Waals surface area contributed by atoms with Crippen molar-refractivity contribution >= 4 is 16.9 Å². The molecule has 0 amide bonds. The minimum absolute atomic E-state index is 0.153. The first-order valence-corrected chi connectivity index (χ1v) is 2.83. The van der Waals surface area contributed by atoms with Crippen LogP contribution in [0.2, 0.25) is 0 Å². The van der Waals surface area contributed by atoms with E-state index < -0.39 is 0 Å². The molecule has 0 aromatic heterocycles. The lowest BCUT2D eigenvalue weighted by Crippen LogP contribution is -2.03.